The molecule has 3 heteroatoms. The van der Waals surface area contributed by atoms with Crippen molar-refractivity contribution in [3.05, 3.63) is 34.8 Å². The molecule has 0 aliphatic heterocycles. The van der Waals surface area contributed by atoms with Gasteiger partial charge in [-0.05, 0) is 24.5 Å². The molecule has 88 valence electrons. The summed E-state index contributed by atoms with van der Waals surface area (Å²) in [5, 5.41) is 0. The van der Waals surface area contributed by atoms with Gasteiger partial charge in [0.15, 0.2) is 5.75 Å². The van der Waals surface area contributed by atoms with E-state index >= 15 is 0 Å². The van der Waals surface area contributed by atoms with Crippen LogP contribution >= 0.6 is 0 Å². The van der Waals surface area contributed by atoms with Crippen molar-refractivity contribution in [3.63, 3.8) is 0 Å². The summed E-state index contributed by atoms with van der Waals surface area (Å²) in [6, 6.07) is 1.89. The minimum absolute atomic E-state index is 0.113. The van der Waals surface area contributed by atoms with Crippen LogP contribution in [0.25, 0.3) is 5.57 Å². The summed E-state index contributed by atoms with van der Waals surface area (Å²) in [5.74, 6) is 0.395. The Morgan fingerprint density at radius 3 is 2.81 bits per heavy atom. The van der Waals surface area contributed by atoms with Crippen LogP contribution in [0.2, 0.25) is 0 Å². The quantitative estimate of drug-likeness (QED) is 0.765. The Morgan fingerprint density at radius 2 is 2.25 bits per heavy atom. The molecule has 0 radical (unpaired) electrons. The molecule has 0 fully saturated rings. The molecule has 0 bridgehead atoms. The number of pyridine rings is 1. The maximum absolute atomic E-state index is 11.8. The molecule has 0 atom stereocenters. The number of hydrogen-bond donors (Lipinski definition) is 0. The number of nitrogens with zero attached hydrogens (tertiary/aromatic N) is 1. The average molecular weight is 221 g/mol. The molecule has 1 rings (SSSR count). The van der Waals surface area contributed by atoms with Crippen LogP contribution in [0, 0.1) is 0 Å². The maximum atomic E-state index is 11.8. The van der Waals surface area contributed by atoms with Crippen LogP contribution in [0.4, 0.5) is 0 Å². The Bertz CT molecular complexity index is 432. The number of hydrogen-bond acceptors (Lipinski definition) is 2. The van der Waals surface area contributed by atoms with Gasteiger partial charge < -0.3 is 9.30 Å². The highest BCUT2D eigenvalue weighted by molar-refractivity contribution is 5.68. The molecule has 0 spiro atoms. The largest absolute Gasteiger partial charge is 0.491 e. The van der Waals surface area contributed by atoms with Gasteiger partial charge in [0, 0.05) is 18.8 Å². The van der Waals surface area contributed by atoms with Crippen LogP contribution in [0.5, 0.6) is 5.75 Å². The van der Waals surface area contributed by atoms with Crippen molar-refractivity contribution < 1.29 is 4.74 Å². The Balaban J connectivity index is 3.09. The number of aromatic nitrogens is 1. The van der Waals surface area contributed by atoms with Crippen LogP contribution in [0.15, 0.2) is 23.6 Å². The topological polar surface area (TPSA) is 31.2 Å². The summed E-state index contributed by atoms with van der Waals surface area (Å²) in [5.41, 5.74) is 1.69. The van der Waals surface area contributed by atoms with E-state index in [1.807, 2.05) is 6.07 Å². The van der Waals surface area contributed by atoms with E-state index in [0.717, 1.165) is 30.4 Å². The van der Waals surface area contributed by atoms with Crippen molar-refractivity contribution in [1.82, 2.24) is 4.57 Å². The van der Waals surface area contributed by atoms with Crippen LogP contribution in [-0.4, -0.2) is 11.7 Å². The fourth-order valence-electron chi connectivity index (χ4n) is 1.61. The van der Waals surface area contributed by atoms with E-state index in [9.17, 15) is 4.79 Å². The van der Waals surface area contributed by atoms with E-state index in [4.69, 9.17) is 4.74 Å². The van der Waals surface area contributed by atoms with Crippen LogP contribution in [0.1, 0.15) is 31.7 Å². The predicted octanol–water partition coefficient (Wildman–Crippen LogP) is 2.60. The molecule has 0 aromatic carbocycles. The van der Waals surface area contributed by atoms with E-state index in [1.165, 1.54) is 11.7 Å². The highest BCUT2D eigenvalue weighted by atomic mass is 16.5. The predicted molar refractivity (Wildman–Crippen MR) is 66.8 cm³/mol. The van der Waals surface area contributed by atoms with Gasteiger partial charge >= 0.3 is 0 Å². The fraction of sp³-hybridized carbons (Fsp3) is 0.462. The van der Waals surface area contributed by atoms with Crippen LogP contribution < -0.4 is 10.3 Å². The van der Waals surface area contributed by atoms with Gasteiger partial charge in [-0.3, -0.25) is 4.79 Å². The second-order valence-corrected chi connectivity index (χ2v) is 3.89. The first-order valence-electron chi connectivity index (χ1n) is 5.53. The van der Waals surface area contributed by atoms with Crippen molar-refractivity contribution in [2.45, 2.75) is 26.2 Å². The summed E-state index contributed by atoms with van der Waals surface area (Å²) >= 11 is 0. The Hall–Kier alpha value is -1.51. The van der Waals surface area contributed by atoms with E-state index in [1.54, 1.807) is 13.2 Å². The average Bonchev–Trinajstić information content (AvgIpc) is 2.29. The highest BCUT2D eigenvalue weighted by Crippen LogP contribution is 2.24. The minimum Gasteiger partial charge on any atom is -0.491 e. The second kappa shape index (κ2) is 5.54. The Morgan fingerprint density at radius 1 is 1.56 bits per heavy atom. The third kappa shape index (κ3) is 2.54. The van der Waals surface area contributed by atoms with Gasteiger partial charge in [-0.1, -0.05) is 19.9 Å². The first kappa shape index (κ1) is 12.6. The second-order valence-electron chi connectivity index (χ2n) is 3.89. The highest BCUT2D eigenvalue weighted by Gasteiger charge is 2.11. The maximum Gasteiger partial charge on any atom is 0.293 e. The molecule has 0 saturated carbocycles. The Labute approximate surface area is 96.4 Å². The molecule has 1 aromatic rings. The summed E-state index contributed by atoms with van der Waals surface area (Å²) in [7, 11) is 3.23. The zero-order valence-corrected chi connectivity index (χ0v) is 10.2. The van der Waals surface area contributed by atoms with Gasteiger partial charge in [-0.15, -0.1) is 0 Å². The lowest BCUT2D eigenvalue weighted by Gasteiger charge is -2.11. The lowest BCUT2D eigenvalue weighted by Crippen LogP contribution is -2.19. The smallest absolute Gasteiger partial charge is 0.293 e. The molecule has 3 nitrogen and oxygen atoms in total. The molecule has 0 N–H and O–H groups in total. The lowest BCUT2D eigenvalue weighted by atomic mass is 10.0. The van der Waals surface area contributed by atoms with Crippen LogP contribution in [0.3, 0.4) is 0 Å². The summed E-state index contributed by atoms with van der Waals surface area (Å²) < 4.78 is 6.67. The molecular weight excluding hydrogens is 202 g/mol. The van der Waals surface area contributed by atoms with Crippen molar-refractivity contribution in [3.8, 4) is 5.75 Å². The minimum atomic E-state index is -0.113. The SMILES string of the molecule is C=C(CCCC)c1ccn(C)c(=O)c1OC. The Kier molecular flexibility index (Phi) is 4.35. The van der Waals surface area contributed by atoms with Crippen molar-refractivity contribution in [2.24, 2.45) is 7.05 Å². The molecule has 16 heavy (non-hydrogen) atoms. The molecule has 0 saturated heterocycles. The van der Waals surface area contributed by atoms with E-state index in [-0.39, 0.29) is 5.56 Å². The number of aryl methyl sites for hydroxylation is 1. The molecule has 0 amide bonds. The summed E-state index contributed by atoms with van der Waals surface area (Å²) in [6.45, 7) is 6.15. The standard InChI is InChI=1S/C13H19NO2/c1-5-6-7-10(2)11-8-9-14(3)13(15)12(11)16-4/h8-9H,2,5-7H2,1,3-4H3. The third-order valence-corrected chi connectivity index (χ3v) is 2.64. The molecule has 0 aliphatic carbocycles. The van der Waals surface area contributed by atoms with Gasteiger partial charge in [0.05, 0.1) is 7.11 Å². The number of rotatable bonds is 5. The monoisotopic (exact) mass is 221 g/mol. The van der Waals surface area contributed by atoms with Crippen LogP contribution in [-0.2, 0) is 7.05 Å². The van der Waals surface area contributed by atoms with Crippen molar-refractivity contribution >= 4 is 5.57 Å². The first-order chi connectivity index (χ1) is 7.61. The molecule has 0 aliphatic rings. The van der Waals surface area contributed by atoms with Gasteiger partial charge in [0.2, 0.25) is 0 Å². The number of unbranched alkanes of at least 4 members (excludes halogenated alkanes) is 1. The fourth-order valence-corrected chi connectivity index (χ4v) is 1.61. The number of ether oxygens (including phenoxy) is 1. The van der Waals surface area contributed by atoms with Gasteiger partial charge in [-0.25, -0.2) is 0 Å². The van der Waals surface area contributed by atoms with Gasteiger partial charge in [0.1, 0.15) is 0 Å². The molecule has 1 aromatic heterocycles. The van der Waals surface area contributed by atoms with E-state index in [2.05, 4.69) is 13.5 Å². The third-order valence-electron chi connectivity index (χ3n) is 2.64. The summed E-state index contributed by atoms with van der Waals surface area (Å²) in [6.07, 6.45) is 4.85. The van der Waals surface area contributed by atoms with Gasteiger partial charge in [0.25, 0.3) is 5.56 Å². The first-order valence-corrected chi connectivity index (χ1v) is 5.53. The van der Waals surface area contributed by atoms with Gasteiger partial charge in [-0.2, -0.15) is 0 Å². The van der Waals surface area contributed by atoms with Crippen molar-refractivity contribution in [1.29, 1.82) is 0 Å². The van der Waals surface area contributed by atoms with E-state index < -0.39 is 0 Å². The van der Waals surface area contributed by atoms with Crippen molar-refractivity contribution in [2.75, 3.05) is 7.11 Å². The molecular formula is C13H19NO2. The summed E-state index contributed by atoms with van der Waals surface area (Å²) in [4.78, 5) is 11.8. The molecule has 0 unspecified atom stereocenters. The number of methoxy groups -OCH3 is 1. The lowest BCUT2D eigenvalue weighted by molar-refractivity contribution is 0.403. The zero-order valence-electron chi connectivity index (χ0n) is 10.2. The zero-order chi connectivity index (χ0) is 12.1. The molecule has 1 heterocycles. The number of allylic oxidation sites excluding steroid dienone is 1. The normalized spacial score (nSPS) is 10.2. The van der Waals surface area contributed by atoms with E-state index in [0.29, 0.717) is 5.75 Å².